The number of aryl methyl sites for hydroxylation is 1. The third-order valence-electron chi connectivity index (χ3n) is 4.27. The molecule has 0 unspecified atom stereocenters. The van der Waals surface area contributed by atoms with Crippen molar-refractivity contribution >= 4 is 12.0 Å². The maximum absolute atomic E-state index is 11.4. The Bertz CT molecular complexity index is 875. The Hall–Kier alpha value is -3.35. The number of esters is 1. The Kier molecular flexibility index (Phi) is 7.56. The van der Waals surface area contributed by atoms with Gasteiger partial charge in [-0.25, -0.2) is 0 Å². The number of nitrogens with zero attached hydrogens (tertiary/aromatic N) is 1. The lowest BCUT2D eigenvalue weighted by molar-refractivity contribution is -0.400. The maximum atomic E-state index is 11.4. The van der Waals surface area contributed by atoms with Gasteiger partial charge in [0.25, 0.3) is 0 Å². The molecule has 0 spiro atoms. The average Bonchev–Trinajstić information content (AvgIpc) is 2.70. The number of benzene rings is 2. The molecule has 0 atom stereocenters. The average molecular weight is 385 g/mol. The maximum Gasteiger partial charge on any atom is 0.305 e. The highest BCUT2D eigenvalue weighted by Gasteiger charge is 2.15. The second kappa shape index (κ2) is 10.1. The van der Waals surface area contributed by atoms with Gasteiger partial charge in [0.05, 0.1) is 26.3 Å². The SMILES string of the molecule is COC(=O)CCc1cccc(Cc2c(OC)ccc(/C=C/[N+](=O)[O-])c2OC)c1. The van der Waals surface area contributed by atoms with Crippen molar-refractivity contribution in [2.24, 2.45) is 0 Å². The third kappa shape index (κ3) is 5.57. The van der Waals surface area contributed by atoms with E-state index in [0.717, 1.165) is 22.9 Å². The number of hydrogen-bond donors (Lipinski definition) is 0. The van der Waals surface area contributed by atoms with E-state index in [2.05, 4.69) is 4.74 Å². The van der Waals surface area contributed by atoms with E-state index in [-0.39, 0.29) is 5.97 Å². The zero-order valence-corrected chi connectivity index (χ0v) is 16.1. The van der Waals surface area contributed by atoms with Crippen molar-refractivity contribution in [3.63, 3.8) is 0 Å². The molecule has 0 bridgehead atoms. The second-order valence-electron chi connectivity index (χ2n) is 6.04. The van der Waals surface area contributed by atoms with Crippen LogP contribution >= 0.6 is 0 Å². The van der Waals surface area contributed by atoms with E-state index in [0.29, 0.717) is 36.3 Å². The molecular formula is C21H23NO6. The van der Waals surface area contributed by atoms with Crippen LogP contribution in [0.15, 0.2) is 42.6 Å². The number of carbonyl (C=O) groups excluding carboxylic acids is 1. The molecule has 0 aromatic heterocycles. The summed E-state index contributed by atoms with van der Waals surface area (Å²) >= 11 is 0. The minimum Gasteiger partial charge on any atom is -0.496 e. The zero-order valence-electron chi connectivity index (χ0n) is 16.1. The normalized spacial score (nSPS) is 10.7. The molecule has 2 aromatic carbocycles. The molecule has 7 heteroatoms. The predicted octanol–water partition coefficient (Wildman–Crippen LogP) is 3.65. The fourth-order valence-corrected chi connectivity index (χ4v) is 2.95. The highest BCUT2D eigenvalue weighted by molar-refractivity contribution is 5.69. The van der Waals surface area contributed by atoms with Crippen LogP contribution in [0, 0.1) is 10.1 Å². The first-order chi connectivity index (χ1) is 13.5. The number of methoxy groups -OCH3 is 3. The van der Waals surface area contributed by atoms with Gasteiger partial charge in [-0.3, -0.25) is 14.9 Å². The van der Waals surface area contributed by atoms with Crippen molar-refractivity contribution in [2.75, 3.05) is 21.3 Å². The highest BCUT2D eigenvalue weighted by Crippen LogP contribution is 2.35. The summed E-state index contributed by atoms with van der Waals surface area (Å²) in [5.41, 5.74) is 3.41. The first-order valence-electron chi connectivity index (χ1n) is 8.68. The lowest BCUT2D eigenvalue weighted by Crippen LogP contribution is -2.03. The summed E-state index contributed by atoms with van der Waals surface area (Å²) in [4.78, 5) is 21.5. The van der Waals surface area contributed by atoms with Crippen LogP contribution in [-0.4, -0.2) is 32.2 Å². The molecule has 148 valence electrons. The molecule has 0 radical (unpaired) electrons. The number of nitro groups is 1. The monoisotopic (exact) mass is 385 g/mol. The van der Waals surface area contributed by atoms with Crippen molar-refractivity contribution in [3.8, 4) is 11.5 Å². The minimum atomic E-state index is -0.520. The number of ether oxygens (including phenoxy) is 3. The summed E-state index contributed by atoms with van der Waals surface area (Å²) in [6.07, 6.45) is 3.68. The Labute approximate surface area is 163 Å². The molecule has 2 aromatic rings. The smallest absolute Gasteiger partial charge is 0.305 e. The molecule has 0 saturated carbocycles. The Morgan fingerprint density at radius 3 is 2.50 bits per heavy atom. The third-order valence-corrected chi connectivity index (χ3v) is 4.27. The van der Waals surface area contributed by atoms with Gasteiger partial charge in [-0.15, -0.1) is 0 Å². The fourth-order valence-electron chi connectivity index (χ4n) is 2.95. The van der Waals surface area contributed by atoms with Crippen LogP contribution in [0.3, 0.4) is 0 Å². The summed E-state index contributed by atoms with van der Waals surface area (Å²) in [6, 6.07) is 11.3. The van der Waals surface area contributed by atoms with Gasteiger partial charge >= 0.3 is 5.97 Å². The largest absolute Gasteiger partial charge is 0.496 e. The van der Waals surface area contributed by atoms with Crippen LogP contribution in [0.25, 0.3) is 6.08 Å². The van der Waals surface area contributed by atoms with Gasteiger partial charge in [-0.2, -0.15) is 0 Å². The summed E-state index contributed by atoms with van der Waals surface area (Å²) in [6.45, 7) is 0. The van der Waals surface area contributed by atoms with E-state index < -0.39 is 4.92 Å². The fraction of sp³-hybridized carbons (Fsp3) is 0.286. The van der Waals surface area contributed by atoms with Crippen molar-refractivity contribution in [2.45, 2.75) is 19.3 Å². The van der Waals surface area contributed by atoms with E-state index in [9.17, 15) is 14.9 Å². The zero-order chi connectivity index (χ0) is 20.5. The molecule has 2 rings (SSSR count). The lowest BCUT2D eigenvalue weighted by Gasteiger charge is -2.16. The second-order valence-corrected chi connectivity index (χ2v) is 6.04. The molecule has 0 aliphatic carbocycles. The summed E-state index contributed by atoms with van der Waals surface area (Å²) < 4.78 is 15.7. The van der Waals surface area contributed by atoms with E-state index in [1.54, 1.807) is 19.2 Å². The summed E-state index contributed by atoms with van der Waals surface area (Å²) in [7, 11) is 4.46. The molecule has 0 amide bonds. The number of rotatable bonds is 9. The number of carbonyl (C=O) groups is 1. The van der Waals surface area contributed by atoms with Crippen molar-refractivity contribution in [1.29, 1.82) is 0 Å². The van der Waals surface area contributed by atoms with Crippen molar-refractivity contribution in [3.05, 3.63) is 75.0 Å². The molecule has 0 fully saturated rings. The van der Waals surface area contributed by atoms with Gasteiger partial charge in [-0.05, 0) is 29.7 Å². The molecule has 0 heterocycles. The topological polar surface area (TPSA) is 87.9 Å². The Morgan fingerprint density at radius 2 is 1.86 bits per heavy atom. The standard InChI is InChI=1S/C21H23NO6/c1-26-19-9-8-17(11-12-22(24)25)21(28-3)18(19)14-16-6-4-5-15(13-16)7-10-20(23)27-2/h4-6,8-9,11-13H,7,10,14H2,1-3H3/b12-11+. The van der Waals surface area contributed by atoms with Gasteiger partial charge < -0.3 is 14.2 Å². The quantitative estimate of drug-likeness (QED) is 0.372. The summed E-state index contributed by atoms with van der Waals surface area (Å²) in [5, 5.41) is 10.7. The predicted molar refractivity (Wildman–Crippen MR) is 105 cm³/mol. The van der Waals surface area contributed by atoms with Crippen LogP contribution < -0.4 is 9.47 Å². The first-order valence-corrected chi connectivity index (χ1v) is 8.68. The van der Waals surface area contributed by atoms with Crippen LogP contribution in [0.1, 0.15) is 28.7 Å². The first kappa shape index (κ1) is 21.0. The highest BCUT2D eigenvalue weighted by atomic mass is 16.6. The molecule has 0 N–H and O–H groups in total. The van der Waals surface area contributed by atoms with Crippen LogP contribution in [0.2, 0.25) is 0 Å². The van der Waals surface area contributed by atoms with Gasteiger partial charge in [0.1, 0.15) is 11.5 Å². The summed E-state index contributed by atoms with van der Waals surface area (Å²) in [5.74, 6) is 0.909. The number of hydrogen-bond acceptors (Lipinski definition) is 6. The van der Waals surface area contributed by atoms with Crippen molar-refractivity contribution < 1.29 is 23.9 Å². The Balaban J connectivity index is 2.35. The van der Waals surface area contributed by atoms with Crippen molar-refractivity contribution in [1.82, 2.24) is 0 Å². The molecule has 0 aliphatic rings. The lowest BCUT2D eigenvalue weighted by atomic mass is 9.97. The van der Waals surface area contributed by atoms with Crippen LogP contribution in [-0.2, 0) is 22.4 Å². The molecule has 0 saturated heterocycles. The Morgan fingerprint density at radius 1 is 1.11 bits per heavy atom. The van der Waals surface area contributed by atoms with E-state index >= 15 is 0 Å². The van der Waals surface area contributed by atoms with Crippen LogP contribution in [0.4, 0.5) is 0 Å². The van der Waals surface area contributed by atoms with Gasteiger partial charge in [-0.1, -0.05) is 24.3 Å². The molecule has 7 nitrogen and oxygen atoms in total. The van der Waals surface area contributed by atoms with Crippen LogP contribution in [0.5, 0.6) is 11.5 Å². The van der Waals surface area contributed by atoms with Gasteiger partial charge in [0, 0.05) is 30.0 Å². The minimum absolute atomic E-state index is 0.251. The molecular weight excluding hydrogens is 362 g/mol. The van der Waals surface area contributed by atoms with Gasteiger partial charge in [0.2, 0.25) is 6.20 Å². The molecule has 0 aliphatic heterocycles. The van der Waals surface area contributed by atoms with E-state index in [1.807, 2.05) is 24.3 Å². The van der Waals surface area contributed by atoms with Gasteiger partial charge in [0.15, 0.2) is 0 Å². The van der Waals surface area contributed by atoms with E-state index in [4.69, 9.17) is 9.47 Å². The molecule has 28 heavy (non-hydrogen) atoms. The van der Waals surface area contributed by atoms with E-state index in [1.165, 1.54) is 20.3 Å².